The third-order valence-electron chi connectivity index (χ3n) is 7.15. The number of pyridine rings is 1. The fourth-order valence-corrected chi connectivity index (χ4v) is 5.35. The number of aromatic nitrogens is 1. The third kappa shape index (κ3) is 4.53. The number of aryl methyl sites for hydroxylation is 1. The first-order valence-electron chi connectivity index (χ1n) is 11.4. The first-order chi connectivity index (χ1) is 14.7. The maximum Gasteiger partial charge on any atom is 0.306 e. The van der Waals surface area contributed by atoms with Crippen LogP contribution in [-0.2, 0) is 9.59 Å². The number of fused-ring (bicyclic) bond motifs is 1. The highest BCUT2D eigenvalue weighted by atomic mass is 16.4. The number of piperidine rings is 1. The molecular weight excluding hydrogens is 390 g/mol. The van der Waals surface area contributed by atoms with E-state index in [-0.39, 0.29) is 29.2 Å². The first-order valence-corrected chi connectivity index (χ1v) is 11.4. The van der Waals surface area contributed by atoms with Gasteiger partial charge >= 0.3 is 5.97 Å². The first kappa shape index (κ1) is 21.6. The average molecular weight is 424 g/mol. The van der Waals surface area contributed by atoms with E-state index < -0.39 is 5.97 Å². The van der Waals surface area contributed by atoms with Gasteiger partial charge in [0.25, 0.3) is 0 Å². The summed E-state index contributed by atoms with van der Waals surface area (Å²) in [5.74, 6) is -0.133. The maximum absolute atomic E-state index is 13.1. The zero-order chi connectivity index (χ0) is 22.2. The third-order valence-corrected chi connectivity index (χ3v) is 7.15. The minimum atomic E-state index is -0.745. The molecule has 3 atom stereocenters. The van der Waals surface area contributed by atoms with Crippen LogP contribution in [0.25, 0.3) is 10.9 Å². The smallest absolute Gasteiger partial charge is 0.306 e. The van der Waals surface area contributed by atoms with Gasteiger partial charge in [-0.25, -0.2) is 4.98 Å². The second kappa shape index (κ2) is 8.48. The van der Waals surface area contributed by atoms with E-state index in [4.69, 9.17) is 4.98 Å². The van der Waals surface area contributed by atoms with Gasteiger partial charge in [-0.2, -0.15) is 0 Å². The number of carboxylic acids is 1. The van der Waals surface area contributed by atoms with E-state index in [1.807, 2.05) is 0 Å². The Kier molecular flexibility index (Phi) is 5.91. The average Bonchev–Trinajstić information content (AvgIpc) is 2.73. The number of anilines is 1. The zero-order valence-corrected chi connectivity index (χ0v) is 18.7. The van der Waals surface area contributed by atoms with Crippen molar-refractivity contribution in [2.24, 2.45) is 17.3 Å². The highest BCUT2D eigenvalue weighted by Gasteiger charge is 2.41. The van der Waals surface area contributed by atoms with Crippen LogP contribution in [0.5, 0.6) is 0 Å². The van der Waals surface area contributed by atoms with Crippen molar-refractivity contribution in [3.63, 3.8) is 0 Å². The van der Waals surface area contributed by atoms with E-state index in [2.05, 4.69) is 61.3 Å². The predicted octanol–water partition coefficient (Wildman–Crippen LogP) is 4.16. The molecule has 0 bridgehead atoms. The Balaban J connectivity index is 1.44. The summed E-state index contributed by atoms with van der Waals surface area (Å²) in [6.45, 7) is 7.93. The molecule has 2 heterocycles. The summed E-state index contributed by atoms with van der Waals surface area (Å²) < 4.78 is 0. The minimum Gasteiger partial charge on any atom is -0.481 e. The summed E-state index contributed by atoms with van der Waals surface area (Å²) in [6.07, 6.45) is 3.75. The molecule has 2 unspecified atom stereocenters. The second-order valence-corrected chi connectivity index (χ2v) is 9.97. The summed E-state index contributed by atoms with van der Waals surface area (Å²) >= 11 is 0. The van der Waals surface area contributed by atoms with Crippen LogP contribution >= 0.6 is 0 Å². The van der Waals surface area contributed by atoms with Gasteiger partial charge in [0, 0.05) is 30.4 Å². The van der Waals surface area contributed by atoms with Crippen molar-refractivity contribution in [3.05, 3.63) is 35.9 Å². The van der Waals surface area contributed by atoms with E-state index in [1.54, 1.807) is 0 Å². The molecule has 0 spiro atoms. The van der Waals surface area contributed by atoms with Crippen LogP contribution in [0.1, 0.15) is 51.5 Å². The van der Waals surface area contributed by atoms with Crippen molar-refractivity contribution in [2.45, 2.75) is 58.9 Å². The number of nitrogens with zero attached hydrogens (tertiary/aromatic N) is 2. The Morgan fingerprint density at radius 2 is 1.97 bits per heavy atom. The van der Waals surface area contributed by atoms with E-state index >= 15 is 0 Å². The Morgan fingerprint density at radius 3 is 2.71 bits per heavy atom. The molecule has 1 aromatic heterocycles. The highest BCUT2D eigenvalue weighted by Crippen LogP contribution is 2.37. The SMILES string of the molecule is Cc1cccc2ccc(N3CC[C@H](C(=O)NC4CCCC(C(=O)O)C4)C(C)(C)C3)nc12. The van der Waals surface area contributed by atoms with Crippen molar-refractivity contribution >= 4 is 28.6 Å². The molecule has 2 aliphatic rings. The van der Waals surface area contributed by atoms with Gasteiger partial charge in [0.05, 0.1) is 11.4 Å². The van der Waals surface area contributed by atoms with Gasteiger partial charge in [-0.1, -0.05) is 38.5 Å². The lowest BCUT2D eigenvalue weighted by atomic mass is 9.73. The lowest BCUT2D eigenvalue weighted by Gasteiger charge is -2.44. The van der Waals surface area contributed by atoms with Gasteiger partial charge in [0.1, 0.15) is 5.82 Å². The van der Waals surface area contributed by atoms with Crippen molar-refractivity contribution < 1.29 is 14.7 Å². The standard InChI is InChI=1S/C25H33N3O3/c1-16-6-4-7-17-10-11-21(27-22(16)17)28-13-12-20(25(2,3)15-28)23(29)26-19-9-5-8-18(14-19)24(30)31/h4,6-7,10-11,18-20H,5,8-9,12-15H2,1-3H3,(H,26,29)(H,30,31)/t18?,19?,20-/m1/s1. The number of hydrogen-bond donors (Lipinski definition) is 2. The molecule has 6 heteroatoms. The van der Waals surface area contributed by atoms with Gasteiger partial charge in [-0.05, 0) is 55.7 Å². The van der Waals surface area contributed by atoms with E-state index in [0.717, 1.165) is 49.1 Å². The number of aliphatic carboxylic acids is 1. The zero-order valence-electron chi connectivity index (χ0n) is 18.7. The fourth-order valence-electron chi connectivity index (χ4n) is 5.35. The number of amides is 1. The quantitative estimate of drug-likeness (QED) is 0.772. The van der Waals surface area contributed by atoms with E-state index in [9.17, 15) is 14.7 Å². The molecule has 4 rings (SSSR count). The van der Waals surface area contributed by atoms with Crippen LogP contribution < -0.4 is 10.2 Å². The molecule has 1 aliphatic heterocycles. The van der Waals surface area contributed by atoms with Gasteiger partial charge < -0.3 is 15.3 Å². The molecule has 31 heavy (non-hydrogen) atoms. The van der Waals surface area contributed by atoms with Crippen molar-refractivity contribution in [2.75, 3.05) is 18.0 Å². The number of hydrogen-bond acceptors (Lipinski definition) is 4. The number of nitrogens with one attached hydrogen (secondary N) is 1. The van der Waals surface area contributed by atoms with Gasteiger partial charge in [-0.3, -0.25) is 9.59 Å². The molecule has 2 N–H and O–H groups in total. The van der Waals surface area contributed by atoms with E-state index in [1.165, 1.54) is 5.56 Å². The Labute approximate surface area is 184 Å². The molecule has 166 valence electrons. The van der Waals surface area contributed by atoms with Crippen LogP contribution in [0.15, 0.2) is 30.3 Å². The number of rotatable bonds is 4. The number of benzene rings is 1. The van der Waals surface area contributed by atoms with Gasteiger partial charge in [0.2, 0.25) is 5.91 Å². The molecule has 1 aromatic carbocycles. The predicted molar refractivity (Wildman–Crippen MR) is 122 cm³/mol. The lowest BCUT2D eigenvalue weighted by Crippen LogP contribution is -2.53. The summed E-state index contributed by atoms with van der Waals surface area (Å²) in [7, 11) is 0. The largest absolute Gasteiger partial charge is 0.481 e. The topological polar surface area (TPSA) is 82.5 Å². The molecule has 1 aliphatic carbocycles. The molecule has 1 saturated carbocycles. The monoisotopic (exact) mass is 423 g/mol. The van der Waals surface area contributed by atoms with Crippen LogP contribution in [0.3, 0.4) is 0 Å². The van der Waals surface area contributed by atoms with Gasteiger partial charge in [-0.15, -0.1) is 0 Å². The van der Waals surface area contributed by atoms with Crippen molar-refractivity contribution in [3.8, 4) is 0 Å². The molecule has 2 aromatic rings. The van der Waals surface area contributed by atoms with Crippen LogP contribution in [0.2, 0.25) is 0 Å². The number of para-hydroxylation sites is 1. The molecule has 1 amide bonds. The van der Waals surface area contributed by atoms with Crippen molar-refractivity contribution in [1.29, 1.82) is 0 Å². The van der Waals surface area contributed by atoms with Gasteiger partial charge in [0.15, 0.2) is 0 Å². The van der Waals surface area contributed by atoms with Crippen molar-refractivity contribution in [1.82, 2.24) is 10.3 Å². The highest BCUT2D eigenvalue weighted by molar-refractivity contribution is 5.83. The number of carboxylic acid groups (broad SMARTS) is 1. The van der Waals surface area contributed by atoms with E-state index in [0.29, 0.717) is 12.8 Å². The molecular formula is C25H33N3O3. The Hall–Kier alpha value is -2.63. The van der Waals surface area contributed by atoms with Crippen LogP contribution in [0, 0.1) is 24.2 Å². The molecule has 6 nitrogen and oxygen atoms in total. The second-order valence-electron chi connectivity index (χ2n) is 9.97. The maximum atomic E-state index is 13.1. The molecule has 2 fully saturated rings. The molecule has 0 radical (unpaired) electrons. The Morgan fingerprint density at radius 1 is 1.16 bits per heavy atom. The summed E-state index contributed by atoms with van der Waals surface area (Å²) in [5.41, 5.74) is 1.99. The minimum absolute atomic E-state index is 0.0266. The Bertz CT molecular complexity index is 987. The normalized spacial score (nSPS) is 25.9. The molecule has 1 saturated heterocycles. The summed E-state index contributed by atoms with van der Waals surface area (Å²) in [4.78, 5) is 31.7. The van der Waals surface area contributed by atoms with Crippen LogP contribution in [-0.4, -0.2) is 41.1 Å². The summed E-state index contributed by atoms with van der Waals surface area (Å²) in [5, 5.41) is 13.6. The summed E-state index contributed by atoms with van der Waals surface area (Å²) in [6, 6.07) is 10.4. The fraction of sp³-hybridized carbons (Fsp3) is 0.560. The van der Waals surface area contributed by atoms with Crippen LogP contribution in [0.4, 0.5) is 5.82 Å². The lowest BCUT2D eigenvalue weighted by molar-refractivity contribution is -0.143. The number of carbonyl (C=O) groups is 2. The number of carbonyl (C=O) groups excluding carboxylic acids is 1.